The van der Waals surface area contributed by atoms with Crippen molar-refractivity contribution in [1.29, 1.82) is 0 Å². The van der Waals surface area contributed by atoms with Crippen molar-refractivity contribution in [3.05, 3.63) is 108 Å². The minimum absolute atomic E-state index is 0.244. The van der Waals surface area contributed by atoms with E-state index in [0.717, 1.165) is 31.4 Å². The van der Waals surface area contributed by atoms with Crippen molar-refractivity contribution in [3.63, 3.8) is 0 Å². The van der Waals surface area contributed by atoms with Gasteiger partial charge in [-0.05, 0) is 69.9 Å². The van der Waals surface area contributed by atoms with Crippen LogP contribution in [0.5, 0.6) is 0 Å². The summed E-state index contributed by atoms with van der Waals surface area (Å²) < 4.78 is 5.32. The molecule has 232 valence electrons. The summed E-state index contributed by atoms with van der Waals surface area (Å²) >= 11 is 1.98. The van der Waals surface area contributed by atoms with Crippen molar-refractivity contribution < 1.29 is 14.3 Å². The van der Waals surface area contributed by atoms with E-state index < -0.39 is 11.1 Å². The lowest BCUT2D eigenvalue weighted by atomic mass is 9.84. The van der Waals surface area contributed by atoms with Crippen LogP contribution in [0.4, 0.5) is 4.79 Å². The summed E-state index contributed by atoms with van der Waals surface area (Å²) in [4.78, 5) is 26.7. The molecular formula is C36H49N3O3S. The SMILES string of the molecule is CC(C)(C)OC(=O)N(CCCCCCSC(c1ccccc1)(c1ccccc1)c1ccccc1)CCNC(=O)C(C)(C)N. The Hall–Kier alpha value is -3.29. The topological polar surface area (TPSA) is 84.7 Å². The molecule has 3 aromatic rings. The molecule has 6 nitrogen and oxygen atoms in total. The van der Waals surface area contributed by atoms with E-state index in [0.29, 0.717) is 19.6 Å². The number of hydrogen-bond acceptors (Lipinski definition) is 5. The monoisotopic (exact) mass is 603 g/mol. The zero-order valence-corrected chi connectivity index (χ0v) is 27.3. The van der Waals surface area contributed by atoms with Gasteiger partial charge in [-0.25, -0.2) is 4.79 Å². The molecule has 0 aliphatic rings. The van der Waals surface area contributed by atoms with E-state index in [1.807, 2.05) is 32.5 Å². The molecule has 0 aliphatic carbocycles. The zero-order valence-electron chi connectivity index (χ0n) is 26.5. The number of amides is 2. The predicted molar refractivity (Wildman–Crippen MR) is 179 cm³/mol. The number of nitrogens with one attached hydrogen (secondary N) is 1. The molecule has 43 heavy (non-hydrogen) atoms. The summed E-state index contributed by atoms with van der Waals surface area (Å²) in [5.41, 5.74) is 8.15. The van der Waals surface area contributed by atoms with Gasteiger partial charge >= 0.3 is 6.09 Å². The second-order valence-electron chi connectivity index (χ2n) is 12.5. The Morgan fingerprint density at radius 2 is 1.19 bits per heavy atom. The first-order valence-electron chi connectivity index (χ1n) is 15.3. The summed E-state index contributed by atoms with van der Waals surface area (Å²) in [5, 5.41) is 2.83. The number of unbranched alkanes of at least 4 members (excludes halogenated alkanes) is 3. The Kier molecular flexibility index (Phi) is 12.7. The van der Waals surface area contributed by atoms with Crippen LogP contribution in [0.2, 0.25) is 0 Å². The van der Waals surface area contributed by atoms with Crippen LogP contribution in [0.3, 0.4) is 0 Å². The van der Waals surface area contributed by atoms with E-state index in [2.05, 4.69) is 96.3 Å². The van der Waals surface area contributed by atoms with Crippen molar-refractivity contribution in [2.45, 2.75) is 76.2 Å². The average molecular weight is 604 g/mol. The molecule has 0 unspecified atom stereocenters. The molecule has 0 bridgehead atoms. The van der Waals surface area contributed by atoms with Crippen LogP contribution in [0.1, 0.15) is 77.0 Å². The Morgan fingerprint density at radius 3 is 1.63 bits per heavy atom. The molecule has 0 saturated heterocycles. The highest BCUT2D eigenvalue weighted by molar-refractivity contribution is 8.00. The number of nitrogens with zero attached hydrogens (tertiary/aromatic N) is 1. The molecular weight excluding hydrogens is 554 g/mol. The van der Waals surface area contributed by atoms with Gasteiger partial charge in [0.2, 0.25) is 5.91 Å². The fourth-order valence-corrected chi connectivity index (χ4v) is 6.47. The number of thioether (sulfide) groups is 1. The molecule has 0 aliphatic heterocycles. The van der Waals surface area contributed by atoms with Gasteiger partial charge in [-0.2, -0.15) is 0 Å². The van der Waals surface area contributed by atoms with Gasteiger partial charge in [-0.1, -0.05) is 104 Å². The normalized spacial score (nSPS) is 12.0. The first-order valence-corrected chi connectivity index (χ1v) is 16.3. The molecule has 7 heteroatoms. The van der Waals surface area contributed by atoms with Crippen molar-refractivity contribution in [2.75, 3.05) is 25.4 Å². The summed E-state index contributed by atoms with van der Waals surface area (Å²) in [7, 11) is 0. The number of carbonyl (C=O) groups excluding carboxylic acids is 2. The number of benzene rings is 3. The molecule has 0 heterocycles. The van der Waals surface area contributed by atoms with Crippen molar-refractivity contribution in [3.8, 4) is 0 Å². The van der Waals surface area contributed by atoms with Crippen molar-refractivity contribution in [2.24, 2.45) is 5.73 Å². The second kappa shape index (κ2) is 16.0. The number of carbonyl (C=O) groups is 2. The first-order chi connectivity index (χ1) is 20.4. The summed E-state index contributed by atoms with van der Waals surface area (Å²) in [5.74, 6) is 0.752. The third-order valence-corrected chi connectivity index (χ3v) is 8.72. The Labute approximate surface area is 262 Å². The minimum atomic E-state index is -0.964. The molecule has 0 radical (unpaired) electrons. The number of ether oxygens (including phenoxy) is 1. The van der Waals surface area contributed by atoms with Gasteiger partial charge < -0.3 is 20.7 Å². The highest BCUT2D eigenvalue weighted by atomic mass is 32.2. The molecule has 3 N–H and O–H groups in total. The van der Waals surface area contributed by atoms with E-state index in [-0.39, 0.29) is 16.7 Å². The van der Waals surface area contributed by atoms with E-state index in [4.69, 9.17) is 10.5 Å². The predicted octanol–water partition coefficient (Wildman–Crippen LogP) is 7.36. The summed E-state index contributed by atoms with van der Waals surface area (Å²) in [6.45, 7) is 10.2. The molecule has 0 saturated carbocycles. The van der Waals surface area contributed by atoms with Crippen LogP contribution in [0.15, 0.2) is 91.0 Å². The zero-order chi connectivity index (χ0) is 31.3. The molecule has 3 rings (SSSR count). The van der Waals surface area contributed by atoms with Crippen molar-refractivity contribution >= 4 is 23.8 Å². The van der Waals surface area contributed by atoms with Crippen LogP contribution in [0, 0.1) is 0 Å². The van der Waals surface area contributed by atoms with Gasteiger partial charge in [0, 0.05) is 19.6 Å². The lowest BCUT2D eigenvalue weighted by molar-refractivity contribution is -0.125. The molecule has 3 aromatic carbocycles. The van der Waals surface area contributed by atoms with E-state index in [1.165, 1.54) is 16.7 Å². The number of nitrogens with two attached hydrogens (primary N) is 1. The minimum Gasteiger partial charge on any atom is -0.444 e. The maximum absolute atomic E-state index is 12.9. The van der Waals surface area contributed by atoms with Crippen molar-refractivity contribution in [1.82, 2.24) is 10.2 Å². The average Bonchev–Trinajstić information content (AvgIpc) is 2.97. The fourth-order valence-electron chi connectivity index (χ4n) is 4.91. The Balaban J connectivity index is 1.61. The fraction of sp³-hybridized carbons (Fsp3) is 0.444. The Morgan fingerprint density at radius 1 is 0.721 bits per heavy atom. The highest BCUT2D eigenvalue weighted by Crippen LogP contribution is 2.48. The largest absolute Gasteiger partial charge is 0.444 e. The maximum atomic E-state index is 12.9. The van der Waals surface area contributed by atoms with E-state index in [9.17, 15) is 9.59 Å². The number of rotatable bonds is 15. The standard InChI is InChI=1S/C36H49N3O3S/c1-34(2,3)42-33(41)39(27-25-38-32(40)35(4,5)37)26-17-6-7-18-28-43-36(29-19-11-8-12-20-29,30-21-13-9-14-22-30)31-23-15-10-16-24-31/h8-16,19-24H,6-7,17-18,25-28,37H2,1-5H3,(H,38,40). The van der Waals surface area contributed by atoms with Crippen LogP contribution in [-0.4, -0.2) is 53.4 Å². The summed E-state index contributed by atoms with van der Waals surface area (Å²) in [6, 6.07) is 32.3. The molecule has 0 atom stereocenters. The van der Waals surface area contributed by atoms with Gasteiger partial charge in [0.1, 0.15) is 5.60 Å². The number of hydrogen-bond donors (Lipinski definition) is 2. The summed E-state index contributed by atoms with van der Waals surface area (Å²) in [6.07, 6.45) is 3.62. The van der Waals surface area contributed by atoms with E-state index in [1.54, 1.807) is 18.7 Å². The van der Waals surface area contributed by atoms with Gasteiger partial charge in [0.25, 0.3) is 0 Å². The van der Waals surface area contributed by atoms with Crippen LogP contribution in [-0.2, 0) is 14.3 Å². The smallest absolute Gasteiger partial charge is 0.410 e. The van der Waals surface area contributed by atoms with Gasteiger partial charge in [0.15, 0.2) is 0 Å². The molecule has 0 spiro atoms. The molecule has 0 aromatic heterocycles. The molecule has 0 fully saturated rings. The first kappa shape index (κ1) is 34.2. The lowest BCUT2D eigenvalue weighted by Crippen LogP contribution is -2.51. The third kappa shape index (κ3) is 10.4. The third-order valence-electron chi connectivity index (χ3n) is 7.09. The highest BCUT2D eigenvalue weighted by Gasteiger charge is 2.36. The lowest BCUT2D eigenvalue weighted by Gasteiger charge is -2.35. The van der Waals surface area contributed by atoms with Gasteiger partial charge in [0.05, 0.1) is 10.3 Å². The van der Waals surface area contributed by atoms with Gasteiger partial charge in [-0.3, -0.25) is 4.79 Å². The van der Waals surface area contributed by atoms with Gasteiger partial charge in [-0.15, -0.1) is 11.8 Å². The molecule has 2 amide bonds. The Bertz CT molecular complexity index is 1160. The van der Waals surface area contributed by atoms with Crippen LogP contribution in [0.25, 0.3) is 0 Å². The van der Waals surface area contributed by atoms with Crippen LogP contribution < -0.4 is 11.1 Å². The second-order valence-corrected chi connectivity index (χ2v) is 13.8. The van der Waals surface area contributed by atoms with Crippen LogP contribution >= 0.6 is 11.8 Å². The maximum Gasteiger partial charge on any atom is 0.410 e. The quantitative estimate of drug-likeness (QED) is 0.140. The van der Waals surface area contributed by atoms with E-state index >= 15 is 0 Å².